The van der Waals surface area contributed by atoms with E-state index < -0.39 is 25.4 Å². The Hall–Kier alpha value is -1.18. The first-order valence-corrected chi connectivity index (χ1v) is 9.87. The summed E-state index contributed by atoms with van der Waals surface area (Å²) in [5.74, 6) is -0.138. The number of sulfonamides is 1. The normalized spacial score (nSPS) is 25.0. The minimum atomic E-state index is -3.76. The number of nitrogens with zero attached hydrogens (tertiary/aromatic N) is 1. The van der Waals surface area contributed by atoms with Crippen LogP contribution >= 0.6 is 0 Å². The SMILES string of the molecule is C=CCN([C@@]1(C)CCS(=O)(=O)C1)S(=O)(=O)c1ccccc1. The van der Waals surface area contributed by atoms with E-state index in [2.05, 4.69) is 6.58 Å². The summed E-state index contributed by atoms with van der Waals surface area (Å²) in [7, 11) is -6.96. The van der Waals surface area contributed by atoms with Gasteiger partial charge in [-0.2, -0.15) is 4.31 Å². The summed E-state index contributed by atoms with van der Waals surface area (Å²) in [5.41, 5.74) is -0.929. The third-order valence-electron chi connectivity index (χ3n) is 3.71. The molecule has 0 unspecified atom stereocenters. The van der Waals surface area contributed by atoms with Crippen LogP contribution in [0.5, 0.6) is 0 Å². The molecule has 0 amide bonds. The first-order chi connectivity index (χ1) is 9.71. The molecule has 0 saturated carbocycles. The van der Waals surface area contributed by atoms with E-state index in [4.69, 9.17) is 0 Å². The molecule has 1 atom stereocenters. The quantitative estimate of drug-likeness (QED) is 0.766. The Bertz CT molecular complexity index is 725. The van der Waals surface area contributed by atoms with Crippen molar-refractivity contribution in [3.8, 4) is 0 Å². The highest BCUT2D eigenvalue weighted by Crippen LogP contribution is 2.33. The van der Waals surface area contributed by atoms with Gasteiger partial charge in [-0.1, -0.05) is 24.3 Å². The highest BCUT2D eigenvalue weighted by molar-refractivity contribution is 7.92. The summed E-state index contributed by atoms with van der Waals surface area (Å²) >= 11 is 0. The molecule has 1 aromatic rings. The Morgan fingerprint density at radius 1 is 1.33 bits per heavy atom. The Morgan fingerprint density at radius 2 is 1.95 bits per heavy atom. The maximum absolute atomic E-state index is 12.8. The molecule has 0 aromatic heterocycles. The van der Waals surface area contributed by atoms with Gasteiger partial charge < -0.3 is 0 Å². The Labute approximate surface area is 126 Å². The van der Waals surface area contributed by atoms with Crippen LogP contribution in [-0.2, 0) is 19.9 Å². The molecule has 5 nitrogen and oxygen atoms in total. The molecule has 0 bridgehead atoms. The molecule has 0 spiro atoms. The number of benzene rings is 1. The van der Waals surface area contributed by atoms with Crippen molar-refractivity contribution in [1.82, 2.24) is 4.31 Å². The van der Waals surface area contributed by atoms with Crippen LogP contribution in [0.25, 0.3) is 0 Å². The van der Waals surface area contributed by atoms with Gasteiger partial charge in [0.1, 0.15) is 0 Å². The molecular formula is C14H19NO4S2. The molecule has 1 aliphatic heterocycles. The van der Waals surface area contributed by atoms with E-state index >= 15 is 0 Å². The number of hydrogen-bond acceptors (Lipinski definition) is 4. The summed E-state index contributed by atoms with van der Waals surface area (Å²) in [5, 5.41) is 0. The van der Waals surface area contributed by atoms with Crippen molar-refractivity contribution in [3.05, 3.63) is 43.0 Å². The lowest BCUT2D eigenvalue weighted by molar-refractivity contribution is 0.252. The zero-order chi connectivity index (χ0) is 15.7. The second-order valence-electron chi connectivity index (χ2n) is 5.48. The van der Waals surface area contributed by atoms with Gasteiger partial charge in [-0.3, -0.25) is 0 Å². The molecule has 1 fully saturated rings. The Morgan fingerprint density at radius 3 is 2.43 bits per heavy atom. The van der Waals surface area contributed by atoms with E-state index in [0.717, 1.165) is 0 Å². The first-order valence-electron chi connectivity index (χ1n) is 6.60. The Balaban J connectivity index is 2.47. The van der Waals surface area contributed by atoms with Crippen LogP contribution in [-0.4, -0.2) is 44.7 Å². The van der Waals surface area contributed by atoms with Crippen LogP contribution in [0.3, 0.4) is 0 Å². The smallest absolute Gasteiger partial charge is 0.229 e. The molecular weight excluding hydrogens is 310 g/mol. The molecule has 21 heavy (non-hydrogen) atoms. The van der Waals surface area contributed by atoms with Gasteiger partial charge in [0, 0.05) is 12.1 Å². The maximum atomic E-state index is 12.8. The number of rotatable bonds is 5. The van der Waals surface area contributed by atoms with E-state index in [-0.39, 0.29) is 22.9 Å². The van der Waals surface area contributed by atoms with E-state index in [0.29, 0.717) is 6.42 Å². The summed E-state index contributed by atoms with van der Waals surface area (Å²) in [6.45, 7) is 5.36. The lowest BCUT2D eigenvalue weighted by atomic mass is 10.0. The van der Waals surface area contributed by atoms with Crippen molar-refractivity contribution >= 4 is 19.9 Å². The topological polar surface area (TPSA) is 71.5 Å². The lowest BCUT2D eigenvalue weighted by Crippen LogP contribution is -2.50. The number of sulfone groups is 1. The highest BCUT2D eigenvalue weighted by Gasteiger charge is 2.47. The molecule has 0 aliphatic carbocycles. The standard InChI is InChI=1S/C14H19NO4S2/c1-3-10-15(14(2)9-11-20(16,17)12-14)21(18,19)13-7-5-4-6-8-13/h3-8H,1,9-12H2,2H3/t14-/m0/s1. The number of hydrogen-bond donors (Lipinski definition) is 0. The van der Waals surface area contributed by atoms with Crippen LogP contribution in [0.4, 0.5) is 0 Å². The summed E-state index contributed by atoms with van der Waals surface area (Å²) in [6.07, 6.45) is 1.78. The van der Waals surface area contributed by atoms with Crippen molar-refractivity contribution in [2.24, 2.45) is 0 Å². The fourth-order valence-corrected chi connectivity index (χ4v) is 6.65. The minimum absolute atomic E-state index is 0.0153. The van der Waals surface area contributed by atoms with E-state index in [9.17, 15) is 16.8 Å². The minimum Gasteiger partial charge on any atom is -0.229 e. The fourth-order valence-electron chi connectivity index (χ4n) is 2.64. The summed E-state index contributed by atoms with van der Waals surface area (Å²) < 4.78 is 50.4. The van der Waals surface area contributed by atoms with Crippen LogP contribution in [0.15, 0.2) is 47.9 Å². The Kier molecular flexibility index (Phi) is 4.28. The average Bonchev–Trinajstić information content (AvgIpc) is 2.71. The average molecular weight is 329 g/mol. The van der Waals surface area contributed by atoms with Gasteiger partial charge in [0.15, 0.2) is 9.84 Å². The van der Waals surface area contributed by atoms with Crippen molar-refractivity contribution in [2.45, 2.75) is 23.8 Å². The molecule has 1 aliphatic rings. The molecule has 2 rings (SSSR count). The van der Waals surface area contributed by atoms with E-state index in [1.165, 1.54) is 22.5 Å². The molecule has 0 N–H and O–H groups in total. The van der Waals surface area contributed by atoms with Gasteiger partial charge >= 0.3 is 0 Å². The molecule has 1 saturated heterocycles. The maximum Gasteiger partial charge on any atom is 0.243 e. The van der Waals surface area contributed by atoms with Crippen molar-refractivity contribution in [1.29, 1.82) is 0 Å². The van der Waals surface area contributed by atoms with Crippen LogP contribution in [0, 0.1) is 0 Å². The van der Waals surface area contributed by atoms with Gasteiger partial charge in [-0.05, 0) is 25.5 Å². The zero-order valence-corrected chi connectivity index (χ0v) is 13.5. The van der Waals surface area contributed by atoms with E-state index in [1.54, 1.807) is 25.1 Å². The van der Waals surface area contributed by atoms with Gasteiger partial charge in [0.05, 0.1) is 16.4 Å². The second kappa shape index (κ2) is 5.55. The fraction of sp³-hybridized carbons (Fsp3) is 0.429. The summed E-state index contributed by atoms with van der Waals surface area (Å²) in [6, 6.07) is 8.05. The van der Waals surface area contributed by atoms with Crippen molar-refractivity contribution in [2.75, 3.05) is 18.1 Å². The van der Waals surface area contributed by atoms with Crippen LogP contribution < -0.4 is 0 Å². The van der Waals surface area contributed by atoms with Gasteiger partial charge in [0.2, 0.25) is 10.0 Å². The summed E-state index contributed by atoms with van der Waals surface area (Å²) in [4.78, 5) is 0.164. The largest absolute Gasteiger partial charge is 0.243 e. The van der Waals surface area contributed by atoms with Gasteiger partial charge in [-0.25, -0.2) is 16.8 Å². The van der Waals surface area contributed by atoms with Gasteiger partial charge in [0.25, 0.3) is 0 Å². The highest BCUT2D eigenvalue weighted by atomic mass is 32.2. The molecule has 1 heterocycles. The molecule has 1 aromatic carbocycles. The third-order valence-corrected chi connectivity index (χ3v) is 7.64. The molecule has 0 radical (unpaired) electrons. The molecule has 7 heteroatoms. The molecule has 116 valence electrons. The predicted octanol–water partition coefficient (Wildman–Crippen LogP) is 1.44. The lowest BCUT2D eigenvalue weighted by Gasteiger charge is -2.35. The van der Waals surface area contributed by atoms with Gasteiger partial charge in [-0.15, -0.1) is 6.58 Å². The third kappa shape index (κ3) is 3.20. The van der Waals surface area contributed by atoms with Crippen molar-refractivity contribution < 1.29 is 16.8 Å². The van der Waals surface area contributed by atoms with Crippen molar-refractivity contribution in [3.63, 3.8) is 0 Å². The zero-order valence-electron chi connectivity index (χ0n) is 11.9. The predicted molar refractivity (Wildman–Crippen MR) is 82.2 cm³/mol. The monoisotopic (exact) mass is 329 g/mol. The van der Waals surface area contributed by atoms with Crippen LogP contribution in [0.1, 0.15) is 13.3 Å². The van der Waals surface area contributed by atoms with Crippen LogP contribution in [0.2, 0.25) is 0 Å². The van der Waals surface area contributed by atoms with E-state index in [1.807, 2.05) is 0 Å². The second-order valence-corrected chi connectivity index (χ2v) is 9.52. The first kappa shape index (κ1) is 16.2.